The molecule has 0 aromatic carbocycles. The first-order valence-electron chi connectivity index (χ1n) is 9.24. The molecule has 0 spiro atoms. The molecule has 0 aliphatic carbocycles. The molecule has 0 aromatic heterocycles. The first kappa shape index (κ1) is 26.6. The van der Waals surface area contributed by atoms with E-state index in [4.69, 9.17) is 9.47 Å². The lowest BCUT2D eigenvalue weighted by atomic mass is 10.4. The van der Waals surface area contributed by atoms with E-state index in [0.717, 1.165) is 12.2 Å². The summed E-state index contributed by atoms with van der Waals surface area (Å²) in [6.07, 6.45) is 2.58. The molecule has 0 heterocycles. The molecule has 4 N–H and O–H groups in total. The summed E-state index contributed by atoms with van der Waals surface area (Å²) in [6, 6.07) is 0. The van der Waals surface area contributed by atoms with Gasteiger partial charge in [0.25, 0.3) is 0 Å². The number of hydrogen-bond donors (Lipinski definition) is 4. The van der Waals surface area contributed by atoms with Gasteiger partial charge in [-0.15, -0.1) is 0 Å². The van der Waals surface area contributed by atoms with E-state index in [-0.39, 0.29) is 63.0 Å². The Hall–Kier alpha value is -3.44. The van der Waals surface area contributed by atoms with Gasteiger partial charge in [0.05, 0.1) is 26.3 Å². The number of rotatable bonds is 14. The number of amides is 4. The van der Waals surface area contributed by atoms with Crippen molar-refractivity contribution in [1.29, 1.82) is 0 Å². The number of hydrogen-bond acceptors (Lipinski definition) is 8. The van der Waals surface area contributed by atoms with E-state index in [1.54, 1.807) is 0 Å². The summed E-state index contributed by atoms with van der Waals surface area (Å²) in [7, 11) is 0. The van der Waals surface area contributed by atoms with E-state index in [9.17, 15) is 28.8 Å². The molecule has 0 unspecified atom stereocenters. The molecule has 12 heteroatoms. The average Bonchev–Trinajstić information content (AvgIpc) is 2.68. The van der Waals surface area contributed by atoms with Crippen LogP contribution in [0.4, 0.5) is 0 Å². The molecule has 4 amide bonds. The highest BCUT2D eigenvalue weighted by Gasteiger charge is 2.04. The van der Waals surface area contributed by atoms with Crippen molar-refractivity contribution < 1.29 is 38.2 Å². The van der Waals surface area contributed by atoms with Gasteiger partial charge >= 0.3 is 11.9 Å². The molecule has 0 aliphatic heterocycles. The first-order chi connectivity index (χ1) is 14.2. The van der Waals surface area contributed by atoms with Gasteiger partial charge in [0, 0.05) is 39.1 Å². The van der Waals surface area contributed by atoms with Crippen LogP contribution in [-0.2, 0) is 38.2 Å². The average molecular weight is 428 g/mol. The molecule has 0 saturated carbocycles. The van der Waals surface area contributed by atoms with Crippen LogP contribution in [0.25, 0.3) is 0 Å². The van der Waals surface area contributed by atoms with Crippen LogP contribution in [-0.4, -0.2) is 75.0 Å². The highest BCUT2D eigenvalue weighted by molar-refractivity contribution is 5.91. The Morgan fingerprint density at radius 2 is 1.00 bits per heavy atom. The maximum Gasteiger partial charge on any atom is 0.331 e. The fourth-order valence-electron chi connectivity index (χ4n) is 1.71. The van der Waals surface area contributed by atoms with Gasteiger partial charge in [-0.25, -0.2) is 9.59 Å². The summed E-state index contributed by atoms with van der Waals surface area (Å²) in [4.78, 5) is 66.8. The van der Waals surface area contributed by atoms with Crippen LogP contribution >= 0.6 is 0 Å². The molecule has 0 saturated heterocycles. The minimum Gasteiger partial charge on any atom is -0.462 e. The SMILES string of the molecule is CC(=O)NCC(=O)NCCCOC(=O)/C=C/C(=O)OCCCNC(=O)CNC(C)=O. The molecular weight excluding hydrogens is 400 g/mol. The molecule has 0 atom stereocenters. The van der Waals surface area contributed by atoms with Crippen molar-refractivity contribution in [3.63, 3.8) is 0 Å². The van der Waals surface area contributed by atoms with Gasteiger partial charge in [0.15, 0.2) is 0 Å². The second kappa shape index (κ2) is 16.5. The zero-order valence-corrected chi connectivity index (χ0v) is 17.1. The second-order valence-electron chi connectivity index (χ2n) is 5.89. The number of esters is 2. The summed E-state index contributed by atoms with van der Waals surface area (Å²) in [5.41, 5.74) is 0. The molecule has 0 fully saturated rings. The van der Waals surface area contributed by atoms with Crippen molar-refractivity contribution in [2.24, 2.45) is 0 Å². The predicted molar refractivity (Wildman–Crippen MR) is 104 cm³/mol. The van der Waals surface area contributed by atoms with E-state index in [2.05, 4.69) is 21.3 Å². The monoisotopic (exact) mass is 428 g/mol. The third-order valence-electron chi connectivity index (χ3n) is 3.13. The van der Waals surface area contributed by atoms with Crippen molar-refractivity contribution in [2.45, 2.75) is 26.7 Å². The topological polar surface area (TPSA) is 169 Å². The Bertz CT molecular complexity index is 594. The molecular formula is C18H28N4O8. The Balaban J connectivity index is 3.70. The van der Waals surface area contributed by atoms with Crippen LogP contribution in [0.15, 0.2) is 12.2 Å². The summed E-state index contributed by atoms with van der Waals surface area (Å²) >= 11 is 0. The zero-order chi connectivity index (χ0) is 22.8. The van der Waals surface area contributed by atoms with Crippen molar-refractivity contribution in [3.05, 3.63) is 12.2 Å². The second-order valence-corrected chi connectivity index (χ2v) is 5.89. The largest absolute Gasteiger partial charge is 0.462 e. The number of ether oxygens (including phenoxy) is 2. The number of carbonyl (C=O) groups is 6. The smallest absolute Gasteiger partial charge is 0.331 e. The third-order valence-corrected chi connectivity index (χ3v) is 3.13. The fourth-order valence-corrected chi connectivity index (χ4v) is 1.71. The Morgan fingerprint density at radius 1 is 0.633 bits per heavy atom. The Kier molecular flexibility index (Phi) is 14.6. The van der Waals surface area contributed by atoms with Crippen LogP contribution in [0, 0.1) is 0 Å². The van der Waals surface area contributed by atoms with Gasteiger partial charge < -0.3 is 30.7 Å². The summed E-state index contributed by atoms with van der Waals surface area (Å²) < 4.78 is 9.70. The van der Waals surface area contributed by atoms with Crippen molar-refractivity contribution >= 4 is 35.6 Å². The molecule has 168 valence electrons. The van der Waals surface area contributed by atoms with Gasteiger partial charge in [0.1, 0.15) is 0 Å². The molecule has 0 rings (SSSR count). The van der Waals surface area contributed by atoms with Gasteiger partial charge in [-0.2, -0.15) is 0 Å². The van der Waals surface area contributed by atoms with Crippen molar-refractivity contribution in [2.75, 3.05) is 39.4 Å². The maximum atomic E-state index is 11.5. The number of carbonyl (C=O) groups excluding carboxylic acids is 6. The first-order valence-corrected chi connectivity index (χ1v) is 9.24. The van der Waals surface area contributed by atoms with E-state index < -0.39 is 11.9 Å². The lowest BCUT2D eigenvalue weighted by molar-refractivity contribution is -0.140. The molecule has 0 aromatic rings. The Morgan fingerprint density at radius 3 is 1.33 bits per heavy atom. The summed E-state index contributed by atoms with van der Waals surface area (Å²) in [5, 5.41) is 9.76. The summed E-state index contributed by atoms with van der Waals surface area (Å²) in [6.45, 7) is 2.96. The molecule has 30 heavy (non-hydrogen) atoms. The summed E-state index contributed by atoms with van der Waals surface area (Å²) in [5.74, 6) is -2.80. The van der Waals surface area contributed by atoms with E-state index in [0.29, 0.717) is 12.8 Å². The normalized spacial score (nSPS) is 10.1. The Labute approximate surface area is 174 Å². The van der Waals surface area contributed by atoms with E-state index in [1.165, 1.54) is 13.8 Å². The van der Waals surface area contributed by atoms with Crippen molar-refractivity contribution in [1.82, 2.24) is 21.3 Å². The lowest BCUT2D eigenvalue weighted by Gasteiger charge is -2.06. The molecule has 0 aliphatic rings. The quantitative estimate of drug-likeness (QED) is 0.139. The fraction of sp³-hybridized carbons (Fsp3) is 0.556. The maximum absolute atomic E-state index is 11.5. The standard InChI is InChI=1S/C18H28N4O8/c1-13(23)21-11-15(25)19-7-3-9-29-17(27)5-6-18(28)30-10-4-8-20-16(26)12-22-14(2)24/h5-6H,3-4,7-12H2,1-2H3,(H,19,25)(H,20,26)(H,21,23)(H,22,24)/b6-5+. The van der Waals surface area contributed by atoms with Crippen LogP contribution in [0.5, 0.6) is 0 Å². The molecule has 0 bridgehead atoms. The minimum absolute atomic E-state index is 0.0385. The van der Waals surface area contributed by atoms with Gasteiger partial charge in [-0.05, 0) is 12.8 Å². The third kappa shape index (κ3) is 17.9. The van der Waals surface area contributed by atoms with E-state index >= 15 is 0 Å². The van der Waals surface area contributed by atoms with Gasteiger partial charge in [0.2, 0.25) is 23.6 Å². The van der Waals surface area contributed by atoms with Crippen LogP contribution in [0.3, 0.4) is 0 Å². The van der Waals surface area contributed by atoms with Crippen LogP contribution < -0.4 is 21.3 Å². The lowest BCUT2D eigenvalue weighted by Crippen LogP contribution is -2.36. The number of nitrogens with one attached hydrogen (secondary N) is 4. The molecule has 0 radical (unpaired) electrons. The predicted octanol–water partition coefficient (Wildman–Crippen LogP) is -2.09. The zero-order valence-electron chi connectivity index (χ0n) is 17.1. The highest BCUT2D eigenvalue weighted by atomic mass is 16.5. The molecule has 12 nitrogen and oxygen atoms in total. The minimum atomic E-state index is -0.734. The highest BCUT2D eigenvalue weighted by Crippen LogP contribution is 1.89. The van der Waals surface area contributed by atoms with Gasteiger partial charge in [-0.3, -0.25) is 19.2 Å². The van der Waals surface area contributed by atoms with Gasteiger partial charge in [-0.1, -0.05) is 0 Å². The van der Waals surface area contributed by atoms with E-state index in [1.807, 2.05) is 0 Å². The van der Waals surface area contributed by atoms with Crippen molar-refractivity contribution in [3.8, 4) is 0 Å². The van der Waals surface area contributed by atoms with Crippen LogP contribution in [0.2, 0.25) is 0 Å². The van der Waals surface area contributed by atoms with Crippen LogP contribution in [0.1, 0.15) is 26.7 Å².